The molecule has 2 aromatic heterocycles. The van der Waals surface area contributed by atoms with E-state index in [9.17, 15) is 18.7 Å². The number of carbonyl (C=O) groups is 1. The van der Waals surface area contributed by atoms with E-state index in [1.54, 1.807) is 12.4 Å². The third-order valence-corrected chi connectivity index (χ3v) is 5.60. The molecule has 0 unspecified atom stereocenters. The van der Waals surface area contributed by atoms with Crippen molar-refractivity contribution in [2.45, 2.75) is 37.7 Å². The number of halogens is 2. The molecule has 31 heavy (non-hydrogen) atoms. The van der Waals surface area contributed by atoms with Crippen molar-refractivity contribution in [3.63, 3.8) is 0 Å². The van der Waals surface area contributed by atoms with E-state index in [1.807, 2.05) is 6.07 Å². The first-order valence-corrected chi connectivity index (χ1v) is 10.1. The lowest BCUT2D eigenvalue weighted by Crippen LogP contribution is -2.20. The summed E-state index contributed by atoms with van der Waals surface area (Å²) < 4.78 is 28.3. The fourth-order valence-corrected chi connectivity index (χ4v) is 3.97. The number of anilines is 2. The maximum atomic E-state index is 14.2. The number of aromatic nitrogens is 2. The van der Waals surface area contributed by atoms with Gasteiger partial charge >= 0.3 is 0 Å². The molecule has 4 rings (SSSR count). The molecule has 8 heteroatoms. The predicted molar refractivity (Wildman–Crippen MR) is 113 cm³/mol. The van der Waals surface area contributed by atoms with Gasteiger partial charge in [-0.05, 0) is 67.5 Å². The smallest absolute Gasteiger partial charge is 0.276 e. The highest BCUT2D eigenvalue weighted by Gasteiger charge is 2.24. The average Bonchev–Trinajstić information content (AvgIpc) is 2.76. The van der Waals surface area contributed by atoms with Crippen LogP contribution in [0.15, 0.2) is 48.8 Å². The minimum atomic E-state index is -0.780. The Bertz CT molecular complexity index is 1090. The van der Waals surface area contributed by atoms with Crippen LogP contribution in [0.2, 0.25) is 0 Å². The van der Waals surface area contributed by atoms with Crippen molar-refractivity contribution in [2.24, 2.45) is 0 Å². The number of hydrogen-bond donors (Lipinski definition) is 3. The summed E-state index contributed by atoms with van der Waals surface area (Å²) in [5.41, 5.74) is 7.00. The van der Waals surface area contributed by atoms with Gasteiger partial charge < -0.3 is 16.2 Å². The zero-order chi connectivity index (χ0) is 22.0. The summed E-state index contributed by atoms with van der Waals surface area (Å²) in [7, 11) is 0. The van der Waals surface area contributed by atoms with Crippen LogP contribution in [-0.2, 0) is 0 Å². The zero-order valence-electron chi connectivity index (χ0n) is 16.7. The van der Waals surface area contributed by atoms with E-state index in [2.05, 4.69) is 15.3 Å². The van der Waals surface area contributed by atoms with E-state index in [1.165, 1.54) is 18.2 Å². The highest BCUT2D eigenvalue weighted by atomic mass is 19.1. The molecule has 0 saturated heterocycles. The van der Waals surface area contributed by atoms with Gasteiger partial charge in [-0.15, -0.1) is 0 Å². The maximum absolute atomic E-state index is 14.2. The molecular formula is C23H22F2N4O2. The van der Waals surface area contributed by atoms with Crippen molar-refractivity contribution in [3.05, 3.63) is 71.7 Å². The Balaban J connectivity index is 1.63. The second-order valence-corrected chi connectivity index (χ2v) is 7.65. The van der Waals surface area contributed by atoms with Gasteiger partial charge in [-0.25, -0.2) is 13.8 Å². The molecule has 1 saturated carbocycles. The lowest BCUT2D eigenvalue weighted by Gasteiger charge is -2.27. The minimum Gasteiger partial charge on any atom is -0.397 e. The molecular weight excluding hydrogens is 402 g/mol. The number of nitrogens with two attached hydrogens (primary N) is 1. The number of aliphatic hydroxyl groups excluding tert-OH is 1. The molecule has 0 radical (unpaired) electrons. The fourth-order valence-electron chi connectivity index (χ4n) is 3.97. The van der Waals surface area contributed by atoms with Gasteiger partial charge in [0.1, 0.15) is 11.6 Å². The number of nitrogen functional groups attached to an aromatic ring is 1. The van der Waals surface area contributed by atoms with Gasteiger partial charge in [0.15, 0.2) is 5.69 Å². The molecule has 0 atom stereocenters. The summed E-state index contributed by atoms with van der Waals surface area (Å²) in [6.45, 7) is 0. The van der Waals surface area contributed by atoms with Crippen LogP contribution in [0.25, 0.3) is 11.3 Å². The summed E-state index contributed by atoms with van der Waals surface area (Å²) >= 11 is 0. The molecule has 4 N–H and O–H groups in total. The second kappa shape index (κ2) is 8.77. The highest BCUT2D eigenvalue weighted by Crippen LogP contribution is 2.36. The quantitative estimate of drug-likeness (QED) is 0.581. The monoisotopic (exact) mass is 424 g/mol. The number of aliphatic hydroxyl groups is 1. The summed E-state index contributed by atoms with van der Waals surface area (Å²) in [5, 5.41) is 12.6. The van der Waals surface area contributed by atoms with Crippen LogP contribution in [0.4, 0.5) is 20.2 Å². The number of rotatable bonds is 4. The van der Waals surface area contributed by atoms with E-state index in [0.717, 1.165) is 30.5 Å². The number of nitrogens with zero attached hydrogens (tertiary/aromatic N) is 2. The van der Waals surface area contributed by atoms with Gasteiger partial charge in [0, 0.05) is 6.20 Å². The number of nitrogens with one attached hydrogen (secondary N) is 1. The SMILES string of the molecule is Nc1ccc(-c2c(F)cccc2F)nc1C(=O)Nc1cnccc1[C@H]1CC[C@@H](O)CC1. The van der Waals surface area contributed by atoms with Gasteiger partial charge in [-0.1, -0.05) is 6.07 Å². The Labute approximate surface area is 178 Å². The Morgan fingerprint density at radius 3 is 2.48 bits per heavy atom. The summed E-state index contributed by atoms with van der Waals surface area (Å²) in [6, 6.07) is 8.12. The van der Waals surface area contributed by atoms with Crippen molar-refractivity contribution in [1.82, 2.24) is 9.97 Å². The molecule has 0 aliphatic heterocycles. The van der Waals surface area contributed by atoms with Crippen molar-refractivity contribution in [3.8, 4) is 11.3 Å². The molecule has 1 aliphatic rings. The topological polar surface area (TPSA) is 101 Å². The predicted octanol–water partition coefficient (Wildman–Crippen LogP) is 4.27. The Hall–Kier alpha value is -3.39. The Morgan fingerprint density at radius 1 is 1.06 bits per heavy atom. The van der Waals surface area contributed by atoms with Crippen LogP contribution in [0.5, 0.6) is 0 Å². The number of hydrogen-bond acceptors (Lipinski definition) is 5. The van der Waals surface area contributed by atoms with E-state index in [-0.39, 0.29) is 34.7 Å². The second-order valence-electron chi connectivity index (χ2n) is 7.65. The average molecular weight is 424 g/mol. The van der Waals surface area contributed by atoms with Crippen molar-refractivity contribution in [1.29, 1.82) is 0 Å². The number of pyridine rings is 2. The maximum Gasteiger partial charge on any atom is 0.276 e. The van der Waals surface area contributed by atoms with E-state index >= 15 is 0 Å². The number of carbonyl (C=O) groups excluding carboxylic acids is 1. The molecule has 0 bridgehead atoms. The largest absolute Gasteiger partial charge is 0.397 e. The lowest BCUT2D eigenvalue weighted by atomic mass is 9.82. The van der Waals surface area contributed by atoms with Crippen molar-refractivity contribution in [2.75, 3.05) is 11.1 Å². The van der Waals surface area contributed by atoms with Crippen molar-refractivity contribution >= 4 is 17.3 Å². The van der Waals surface area contributed by atoms with Gasteiger partial charge in [-0.3, -0.25) is 9.78 Å². The van der Waals surface area contributed by atoms with Gasteiger partial charge in [0.2, 0.25) is 0 Å². The molecule has 3 aromatic rings. The van der Waals surface area contributed by atoms with E-state index in [0.29, 0.717) is 18.5 Å². The molecule has 1 fully saturated rings. The molecule has 2 heterocycles. The fraction of sp³-hybridized carbons (Fsp3) is 0.261. The van der Waals surface area contributed by atoms with Crippen LogP contribution >= 0.6 is 0 Å². The minimum absolute atomic E-state index is 0.0253. The summed E-state index contributed by atoms with van der Waals surface area (Å²) in [4.78, 5) is 21.2. The molecule has 1 aromatic carbocycles. The molecule has 0 spiro atoms. The van der Waals surface area contributed by atoms with Crippen LogP contribution in [-0.4, -0.2) is 27.1 Å². The van der Waals surface area contributed by atoms with Crippen LogP contribution in [0, 0.1) is 11.6 Å². The van der Waals surface area contributed by atoms with Gasteiger partial charge in [0.25, 0.3) is 5.91 Å². The molecule has 160 valence electrons. The summed E-state index contributed by atoms with van der Waals surface area (Å²) in [6.07, 6.45) is 5.92. The van der Waals surface area contributed by atoms with Crippen LogP contribution in [0.1, 0.15) is 47.7 Å². The first-order chi connectivity index (χ1) is 14.9. The zero-order valence-corrected chi connectivity index (χ0v) is 16.7. The lowest BCUT2D eigenvalue weighted by molar-refractivity contribution is 0.102. The first-order valence-electron chi connectivity index (χ1n) is 10.1. The van der Waals surface area contributed by atoms with Crippen LogP contribution in [0.3, 0.4) is 0 Å². The van der Waals surface area contributed by atoms with E-state index < -0.39 is 17.5 Å². The third kappa shape index (κ3) is 4.39. The van der Waals surface area contributed by atoms with Gasteiger partial charge in [-0.2, -0.15) is 0 Å². The van der Waals surface area contributed by atoms with E-state index in [4.69, 9.17) is 5.73 Å². The van der Waals surface area contributed by atoms with Gasteiger partial charge in [0.05, 0.1) is 34.9 Å². The molecule has 1 amide bonds. The molecule has 1 aliphatic carbocycles. The Kier molecular flexibility index (Phi) is 5.90. The Morgan fingerprint density at radius 2 is 1.77 bits per heavy atom. The molecule has 6 nitrogen and oxygen atoms in total. The first kappa shape index (κ1) is 20.9. The standard InChI is InChI=1S/C23H22F2N4O2/c24-16-2-1-3-17(25)21(16)19-9-8-18(26)22(28-19)23(31)29-20-12-27-11-10-15(20)13-4-6-14(30)7-5-13/h1-3,8-14,30H,4-7,26H2,(H,29,31)/t13-,14+. The number of amides is 1. The normalized spacial score (nSPS) is 18.5. The number of benzene rings is 1. The van der Waals surface area contributed by atoms with Crippen molar-refractivity contribution < 1.29 is 18.7 Å². The third-order valence-electron chi connectivity index (χ3n) is 5.60. The summed E-state index contributed by atoms with van der Waals surface area (Å²) in [5.74, 6) is -1.97. The highest BCUT2D eigenvalue weighted by molar-refractivity contribution is 6.06. The van der Waals surface area contributed by atoms with Crippen LogP contribution < -0.4 is 11.1 Å².